The molecule has 2 heterocycles. The molecule has 9 nitrogen and oxygen atoms in total. The number of rotatable bonds is 7. The summed E-state index contributed by atoms with van der Waals surface area (Å²) in [6.45, 7) is 2.27. The van der Waals surface area contributed by atoms with Gasteiger partial charge in [0.2, 0.25) is 0 Å². The van der Waals surface area contributed by atoms with E-state index in [2.05, 4.69) is 10.2 Å². The maximum Gasteiger partial charge on any atom is 0.269 e. The number of anilines is 2. The van der Waals surface area contributed by atoms with Gasteiger partial charge in [-0.3, -0.25) is 19.7 Å². The zero-order valence-corrected chi connectivity index (χ0v) is 19.6. The van der Waals surface area contributed by atoms with Gasteiger partial charge < -0.3 is 19.9 Å². The summed E-state index contributed by atoms with van der Waals surface area (Å²) < 4.78 is 5.37. The molecule has 1 saturated heterocycles. The molecule has 1 N–H and O–H groups in total. The lowest BCUT2D eigenvalue weighted by Gasteiger charge is -2.36. The number of hydrogen-bond donors (Lipinski definition) is 1. The molecular weight excluding hydrogens is 480 g/mol. The Labute approximate surface area is 204 Å². The predicted molar refractivity (Wildman–Crippen MR) is 131 cm³/mol. The van der Waals surface area contributed by atoms with Gasteiger partial charge in [-0.15, -0.1) is 11.3 Å². The van der Waals surface area contributed by atoms with Crippen LogP contribution in [0.15, 0.2) is 60.0 Å². The quantitative estimate of drug-likeness (QED) is 0.383. The van der Waals surface area contributed by atoms with E-state index in [1.54, 1.807) is 12.1 Å². The first-order valence-corrected chi connectivity index (χ1v) is 11.7. The lowest BCUT2D eigenvalue weighted by Crippen LogP contribution is -2.48. The molecule has 176 valence electrons. The van der Waals surface area contributed by atoms with Crippen molar-refractivity contribution in [1.82, 2.24) is 4.90 Å². The third-order valence-electron chi connectivity index (χ3n) is 5.29. The lowest BCUT2D eigenvalue weighted by atomic mass is 10.2. The number of nitro groups is 1. The molecule has 0 bridgehead atoms. The van der Waals surface area contributed by atoms with E-state index in [1.807, 2.05) is 28.5 Å². The van der Waals surface area contributed by atoms with Crippen LogP contribution >= 0.6 is 22.9 Å². The Balaban J connectivity index is 1.28. The Bertz CT molecular complexity index is 1180. The van der Waals surface area contributed by atoms with Crippen molar-refractivity contribution in [2.75, 3.05) is 43.0 Å². The minimum Gasteiger partial charge on any atom is -0.484 e. The standard InChI is InChI=1S/C23H21ClN4O5S/c24-19-14-16(25-22(29)15-33-18-6-4-17(5-7-18)28(31)32)3-8-20(19)26-9-11-27(12-10-26)23(30)21-2-1-13-34-21/h1-8,13-14H,9-12,15H2,(H,25,29). The van der Waals surface area contributed by atoms with Gasteiger partial charge in [-0.1, -0.05) is 17.7 Å². The number of carbonyl (C=O) groups excluding carboxylic acids is 2. The second-order valence-corrected chi connectivity index (χ2v) is 8.87. The Morgan fingerprint density at radius 2 is 1.82 bits per heavy atom. The molecule has 1 aliphatic heterocycles. The van der Waals surface area contributed by atoms with E-state index in [9.17, 15) is 19.7 Å². The minimum atomic E-state index is -0.505. The molecule has 0 aliphatic carbocycles. The summed E-state index contributed by atoms with van der Waals surface area (Å²) in [7, 11) is 0. The first-order valence-electron chi connectivity index (χ1n) is 10.4. The largest absolute Gasteiger partial charge is 0.484 e. The highest BCUT2D eigenvalue weighted by molar-refractivity contribution is 7.12. The van der Waals surface area contributed by atoms with Crippen LogP contribution in [0.3, 0.4) is 0 Å². The van der Waals surface area contributed by atoms with Gasteiger partial charge in [0.15, 0.2) is 6.61 Å². The highest BCUT2D eigenvalue weighted by atomic mass is 35.5. The van der Waals surface area contributed by atoms with Crippen LogP contribution in [-0.2, 0) is 4.79 Å². The molecule has 34 heavy (non-hydrogen) atoms. The van der Waals surface area contributed by atoms with Crippen molar-refractivity contribution >= 4 is 51.8 Å². The fourth-order valence-electron chi connectivity index (χ4n) is 3.56. The first-order chi connectivity index (χ1) is 16.4. The van der Waals surface area contributed by atoms with Crippen LogP contribution in [-0.4, -0.2) is 54.4 Å². The zero-order chi connectivity index (χ0) is 24.1. The average Bonchev–Trinajstić information content (AvgIpc) is 3.38. The zero-order valence-electron chi connectivity index (χ0n) is 18.0. The molecule has 4 rings (SSSR count). The monoisotopic (exact) mass is 500 g/mol. The van der Waals surface area contributed by atoms with Gasteiger partial charge in [0.1, 0.15) is 5.75 Å². The number of nitro benzene ring substituents is 1. The number of non-ortho nitro benzene ring substituents is 1. The van der Waals surface area contributed by atoms with E-state index in [0.717, 1.165) is 10.6 Å². The summed E-state index contributed by atoms with van der Waals surface area (Å²) in [4.78, 5) is 39.6. The number of piperazine rings is 1. The summed E-state index contributed by atoms with van der Waals surface area (Å²) in [6.07, 6.45) is 0. The van der Waals surface area contributed by atoms with Crippen molar-refractivity contribution in [3.63, 3.8) is 0 Å². The molecule has 1 fully saturated rings. The number of ether oxygens (including phenoxy) is 1. The normalized spacial score (nSPS) is 13.4. The molecule has 0 saturated carbocycles. The molecule has 0 atom stereocenters. The maximum atomic E-state index is 12.5. The molecule has 0 unspecified atom stereocenters. The molecule has 2 aromatic carbocycles. The summed E-state index contributed by atoms with van der Waals surface area (Å²) in [5.74, 6) is 0.0171. The van der Waals surface area contributed by atoms with E-state index >= 15 is 0 Å². The van der Waals surface area contributed by atoms with E-state index in [1.165, 1.54) is 35.6 Å². The predicted octanol–water partition coefficient (Wildman–Crippen LogP) is 4.29. The number of carbonyl (C=O) groups is 2. The van der Waals surface area contributed by atoms with Gasteiger partial charge in [-0.2, -0.15) is 0 Å². The minimum absolute atomic E-state index is 0.0507. The number of halogens is 1. The number of amides is 2. The molecule has 11 heteroatoms. The van der Waals surface area contributed by atoms with Gasteiger partial charge in [0, 0.05) is 44.0 Å². The Morgan fingerprint density at radius 3 is 2.44 bits per heavy atom. The molecule has 2 amide bonds. The van der Waals surface area contributed by atoms with Gasteiger partial charge in [-0.25, -0.2) is 0 Å². The van der Waals surface area contributed by atoms with Crippen molar-refractivity contribution < 1.29 is 19.2 Å². The van der Waals surface area contributed by atoms with Crippen LogP contribution in [0.5, 0.6) is 5.75 Å². The van der Waals surface area contributed by atoms with Crippen LogP contribution in [0.1, 0.15) is 9.67 Å². The molecule has 3 aromatic rings. The van der Waals surface area contributed by atoms with Gasteiger partial charge in [-0.05, 0) is 41.8 Å². The van der Waals surface area contributed by atoms with E-state index in [4.69, 9.17) is 16.3 Å². The number of hydrogen-bond acceptors (Lipinski definition) is 7. The van der Waals surface area contributed by atoms with E-state index < -0.39 is 4.92 Å². The lowest BCUT2D eigenvalue weighted by molar-refractivity contribution is -0.384. The summed E-state index contributed by atoms with van der Waals surface area (Å²) in [6, 6.07) is 14.5. The fraction of sp³-hybridized carbons (Fsp3) is 0.217. The Morgan fingerprint density at radius 1 is 1.09 bits per heavy atom. The van der Waals surface area contributed by atoms with E-state index in [-0.39, 0.29) is 24.1 Å². The van der Waals surface area contributed by atoms with Crippen molar-refractivity contribution in [2.24, 2.45) is 0 Å². The fourth-order valence-corrected chi connectivity index (χ4v) is 4.55. The molecule has 0 radical (unpaired) electrons. The molecular formula is C23H21ClN4O5S. The van der Waals surface area contributed by atoms with Crippen molar-refractivity contribution in [2.45, 2.75) is 0 Å². The highest BCUT2D eigenvalue weighted by Gasteiger charge is 2.24. The Kier molecular flexibility index (Phi) is 7.29. The van der Waals surface area contributed by atoms with Crippen molar-refractivity contribution in [3.05, 3.63) is 80.0 Å². The molecule has 1 aromatic heterocycles. The topological polar surface area (TPSA) is 105 Å². The van der Waals surface area contributed by atoms with Crippen molar-refractivity contribution in [1.29, 1.82) is 0 Å². The summed E-state index contributed by atoms with van der Waals surface area (Å²) in [5.41, 5.74) is 1.31. The van der Waals surface area contributed by atoms with Crippen LogP contribution in [0.25, 0.3) is 0 Å². The van der Waals surface area contributed by atoms with Gasteiger partial charge in [0.25, 0.3) is 17.5 Å². The van der Waals surface area contributed by atoms with Gasteiger partial charge >= 0.3 is 0 Å². The number of nitrogens with zero attached hydrogens (tertiary/aromatic N) is 3. The number of nitrogens with one attached hydrogen (secondary N) is 1. The number of thiophene rings is 1. The van der Waals surface area contributed by atoms with Crippen LogP contribution in [0.2, 0.25) is 5.02 Å². The third kappa shape index (κ3) is 5.64. The SMILES string of the molecule is O=C(COc1ccc([N+](=O)[O-])cc1)Nc1ccc(N2CCN(C(=O)c3cccs3)CC2)c(Cl)c1. The van der Waals surface area contributed by atoms with Crippen LogP contribution in [0, 0.1) is 10.1 Å². The second-order valence-electron chi connectivity index (χ2n) is 7.51. The Hall–Kier alpha value is -3.63. The molecule has 1 aliphatic rings. The van der Waals surface area contributed by atoms with Gasteiger partial charge in [0.05, 0.1) is 20.5 Å². The van der Waals surface area contributed by atoms with Crippen molar-refractivity contribution in [3.8, 4) is 5.75 Å². The number of benzene rings is 2. The maximum absolute atomic E-state index is 12.5. The summed E-state index contributed by atoms with van der Waals surface area (Å²) >= 11 is 7.92. The summed E-state index contributed by atoms with van der Waals surface area (Å²) in [5, 5.41) is 15.8. The highest BCUT2D eigenvalue weighted by Crippen LogP contribution is 2.30. The van der Waals surface area contributed by atoms with Crippen LogP contribution < -0.4 is 15.0 Å². The van der Waals surface area contributed by atoms with E-state index in [0.29, 0.717) is 42.6 Å². The first kappa shape index (κ1) is 23.5. The van der Waals surface area contributed by atoms with Crippen LogP contribution in [0.4, 0.5) is 17.1 Å². The second kappa shape index (κ2) is 10.5. The third-order valence-corrected chi connectivity index (χ3v) is 6.45. The molecule has 0 spiro atoms. The average molecular weight is 501 g/mol. The smallest absolute Gasteiger partial charge is 0.269 e.